The molecule has 160 valence electrons. The maximum absolute atomic E-state index is 13.9. The molecular formula is C20H21F2N3O4S. The Morgan fingerprint density at radius 2 is 1.63 bits per heavy atom. The van der Waals surface area contributed by atoms with Gasteiger partial charge in [0.05, 0.1) is 0 Å². The van der Waals surface area contributed by atoms with Gasteiger partial charge in [-0.2, -0.15) is 4.31 Å². The number of rotatable bonds is 6. The maximum Gasteiger partial charge on any atom is 0.251 e. The summed E-state index contributed by atoms with van der Waals surface area (Å²) in [5.74, 6) is -2.50. The molecule has 1 aliphatic heterocycles. The van der Waals surface area contributed by atoms with E-state index in [2.05, 4.69) is 5.32 Å². The number of nitrogens with zero attached hydrogens (tertiary/aromatic N) is 2. The van der Waals surface area contributed by atoms with Crippen molar-refractivity contribution in [1.29, 1.82) is 0 Å². The highest BCUT2D eigenvalue weighted by Crippen LogP contribution is 2.21. The molecule has 0 unspecified atom stereocenters. The zero-order valence-corrected chi connectivity index (χ0v) is 16.9. The summed E-state index contributed by atoms with van der Waals surface area (Å²) in [5, 5.41) is 2.67. The van der Waals surface area contributed by atoms with Crippen LogP contribution in [0.5, 0.6) is 0 Å². The molecule has 2 aromatic carbocycles. The molecule has 1 aliphatic rings. The molecule has 2 aromatic rings. The number of halogens is 2. The first-order chi connectivity index (χ1) is 14.3. The van der Waals surface area contributed by atoms with Crippen molar-refractivity contribution < 1.29 is 26.8 Å². The number of piperazine rings is 1. The number of amides is 2. The lowest BCUT2D eigenvalue weighted by atomic mass is 10.2. The van der Waals surface area contributed by atoms with Gasteiger partial charge in [0.1, 0.15) is 16.5 Å². The van der Waals surface area contributed by atoms with Crippen molar-refractivity contribution in [2.24, 2.45) is 0 Å². The fraction of sp³-hybridized carbons (Fsp3) is 0.300. The third-order valence-electron chi connectivity index (χ3n) is 4.76. The van der Waals surface area contributed by atoms with Gasteiger partial charge in [-0.3, -0.25) is 9.59 Å². The smallest absolute Gasteiger partial charge is 0.251 e. The summed E-state index contributed by atoms with van der Waals surface area (Å²) in [5.41, 5.74) is 0.497. The van der Waals surface area contributed by atoms with Crippen molar-refractivity contribution >= 4 is 21.8 Å². The van der Waals surface area contributed by atoms with E-state index in [1.54, 1.807) is 30.3 Å². The van der Waals surface area contributed by atoms with Gasteiger partial charge >= 0.3 is 0 Å². The van der Waals surface area contributed by atoms with Crippen LogP contribution in [0.2, 0.25) is 0 Å². The number of hydrogen-bond donors (Lipinski definition) is 1. The van der Waals surface area contributed by atoms with Crippen LogP contribution >= 0.6 is 0 Å². The summed E-state index contributed by atoms with van der Waals surface area (Å²) in [6.45, 7) is 0.454. The minimum Gasteiger partial charge on any atom is -0.352 e. The number of nitrogens with one attached hydrogen (secondary N) is 1. The Bertz CT molecular complexity index is 1020. The van der Waals surface area contributed by atoms with Crippen LogP contribution in [0.4, 0.5) is 8.78 Å². The zero-order valence-electron chi connectivity index (χ0n) is 16.1. The Morgan fingerprint density at radius 3 is 2.27 bits per heavy atom. The van der Waals surface area contributed by atoms with Gasteiger partial charge in [0.25, 0.3) is 5.91 Å². The van der Waals surface area contributed by atoms with Crippen molar-refractivity contribution in [3.05, 3.63) is 65.7 Å². The number of sulfonamides is 1. The fourth-order valence-electron chi connectivity index (χ4n) is 3.13. The molecule has 30 heavy (non-hydrogen) atoms. The average Bonchev–Trinajstić information content (AvgIpc) is 2.74. The Morgan fingerprint density at radius 1 is 0.967 bits per heavy atom. The van der Waals surface area contributed by atoms with Crippen molar-refractivity contribution in [1.82, 2.24) is 14.5 Å². The quantitative estimate of drug-likeness (QED) is 0.744. The van der Waals surface area contributed by atoms with Gasteiger partial charge in [-0.25, -0.2) is 17.2 Å². The van der Waals surface area contributed by atoms with Crippen molar-refractivity contribution in [2.75, 3.05) is 32.7 Å². The predicted molar refractivity (Wildman–Crippen MR) is 105 cm³/mol. The first-order valence-electron chi connectivity index (χ1n) is 9.35. The lowest BCUT2D eigenvalue weighted by Crippen LogP contribution is -2.51. The second kappa shape index (κ2) is 9.31. The van der Waals surface area contributed by atoms with Gasteiger partial charge in [0.2, 0.25) is 15.9 Å². The number of carbonyl (C=O) groups is 2. The van der Waals surface area contributed by atoms with E-state index in [1.165, 1.54) is 4.90 Å². The second-order valence-electron chi connectivity index (χ2n) is 6.73. The normalized spacial score (nSPS) is 15.1. The fourth-order valence-corrected chi connectivity index (χ4v) is 4.60. The van der Waals surface area contributed by atoms with Crippen LogP contribution in [0.1, 0.15) is 16.8 Å². The highest BCUT2D eigenvalue weighted by atomic mass is 32.2. The first kappa shape index (κ1) is 21.8. The molecule has 10 heteroatoms. The Balaban J connectivity index is 1.50. The third kappa shape index (κ3) is 5.00. The molecule has 7 nitrogen and oxygen atoms in total. The van der Waals surface area contributed by atoms with Gasteiger partial charge in [0.15, 0.2) is 0 Å². The van der Waals surface area contributed by atoms with E-state index < -0.39 is 26.6 Å². The summed E-state index contributed by atoms with van der Waals surface area (Å²) >= 11 is 0. The van der Waals surface area contributed by atoms with E-state index >= 15 is 0 Å². The summed E-state index contributed by atoms with van der Waals surface area (Å²) < 4.78 is 53.2. The number of benzene rings is 2. The molecule has 0 bridgehead atoms. The molecule has 3 rings (SSSR count). The summed E-state index contributed by atoms with van der Waals surface area (Å²) in [6, 6.07) is 10.9. The Labute approximate surface area is 173 Å². The van der Waals surface area contributed by atoms with E-state index in [-0.39, 0.29) is 51.0 Å². The van der Waals surface area contributed by atoms with Gasteiger partial charge in [-0.15, -0.1) is 0 Å². The van der Waals surface area contributed by atoms with Crippen molar-refractivity contribution in [2.45, 2.75) is 11.3 Å². The van der Waals surface area contributed by atoms with Crippen LogP contribution in [0, 0.1) is 11.6 Å². The summed E-state index contributed by atoms with van der Waals surface area (Å²) in [4.78, 5) is 25.2. The monoisotopic (exact) mass is 437 g/mol. The standard InChI is InChI=1S/C20H21F2N3O4S/c21-16-6-7-18(17(22)14-16)30(28,29)25-12-10-24(11-13-25)19(26)8-9-23-20(27)15-4-2-1-3-5-15/h1-7,14H,8-13H2,(H,23,27). The van der Waals surface area contributed by atoms with Gasteiger partial charge in [-0.05, 0) is 24.3 Å². The SMILES string of the molecule is O=C(NCCC(=O)N1CCN(S(=O)(=O)c2ccc(F)cc2F)CC1)c1ccccc1. The van der Waals surface area contributed by atoms with Crippen LogP contribution in [0.25, 0.3) is 0 Å². The molecule has 0 atom stereocenters. The average molecular weight is 437 g/mol. The molecule has 1 fully saturated rings. The minimum absolute atomic E-state index is 0.00125. The van der Waals surface area contributed by atoms with Crippen LogP contribution in [-0.4, -0.2) is 62.2 Å². The first-order valence-corrected chi connectivity index (χ1v) is 10.8. The molecule has 0 aromatic heterocycles. The van der Waals surface area contributed by atoms with E-state index in [9.17, 15) is 26.8 Å². The molecular weight excluding hydrogens is 416 g/mol. The topological polar surface area (TPSA) is 86.8 Å². The van der Waals surface area contributed by atoms with E-state index in [1.807, 2.05) is 0 Å². The summed E-state index contributed by atoms with van der Waals surface area (Å²) in [7, 11) is -4.12. The van der Waals surface area contributed by atoms with Gasteiger partial charge in [-0.1, -0.05) is 18.2 Å². The van der Waals surface area contributed by atoms with Crippen LogP contribution in [-0.2, 0) is 14.8 Å². The maximum atomic E-state index is 13.9. The molecule has 1 N–H and O–H groups in total. The molecule has 1 saturated heterocycles. The highest BCUT2D eigenvalue weighted by Gasteiger charge is 2.31. The molecule has 0 aliphatic carbocycles. The number of hydrogen-bond acceptors (Lipinski definition) is 4. The lowest BCUT2D eigenvalue weighted by Gasteiger charge is -2.34. The summed E-state index contributed by atoms with van der Waals surface area (Å²) in [6.07, 6.45) is 0.0813. The van der Waals surface area contributed by atoms with E-state index in [0.717, 1.165) is 16.4 Å². The third-order valence-corrected chi connectivity index (χ3v) is 6.70. The van der Waals surface area contributed by atoms with Crippen molar-refractivity contribution in [3.63, 3.8) is 0 Å². The molecule has 2 amide bonds. The van der Waals surface area contributed by atoms with Gasteiger partial charge < -0.3 is 10.2 Å². The lowest BCUT2D eigenvalue weighted by molar-refractivity contribution is -0.132. The van der Waals surface area contributed by atoms with Crippen LogP contribution in [0.3, 0.4) is 0 Å². The zero-order chi connectivity index (χ0) is 21.7. The predicted octanol–water partition coefficient (Wildman–Crippen LogP) is 1.62. The Kier molecular flexibility index (Phi) is 6.78. The van der Waals surface area contributed by atoms with Gasteiger partial charge in [0, 0.05) is 50.8 Å². The minimum atomic E-state index is -4.12. The second-order valence-corrected chi connectivity index (χ2v) is 8.64. The van der Waals surface area contributed by atoms with E-state index in [4.69, 9.17) is 0 Å². The largest absolute Gasteiger partial charge is 0.352 e. The van der Waals surface area contributed by atoms with Crippen LogP contribution < -0.4 is 5.32 Å². The van der Waals surface area contributed by atoms with Crippen molar-refractivity contribution in [3.8, 4) is 0 Å². The molecule has 0 spiro atoms. The molecule has 1 heterocycles. The van der Waals surface area contributed by atoms with E-state index in [0.29, 0.717) is 11.6 Å². The van der Waals surface area contributed by atoms with Crippen LogP contribution in [0.15, 0.2) is 53.4 Å². The molecule has 0 radical (unpaired) electrons. The molecule has 0 saturated carbocycles. The highest BCUT2D eigenvalue weighted by molar-refractivity contribution is 7.89. The number of carbonyl (C=O) groups excluding carboxylic acids is 2. The Hall–Kier alpha value is -2.85.